The molecule has 96 valence electrons. The molecular weight excluding hydrogens is 232 g/mol. The van der Waals surface area contributed by atoms with Crippen LogP contribution in [0.25, 0.3) is 10.9 Å². The molecule has 0 spiro atoms. The van der Waals surface area contributed by atoms with Crippen molar-refractivity contribution in [2.45, 2.75) is 19.4 Å². The minimum atomic E-state index is -0.340. The molecule has 1 amide bonds. The predicted octanol–water partition coefficient (Wildman–Crippen LogP) is 0.918. The minimum Gasteiger partial charge on any atom is -0.428 e. The average Bonchev–Trinajstić information content (AvgIpc) is 2.66. The summed E-state index contributed by atoms with van der Waals surface area (Å²) < 4.78 is 1.06. The molecule has 18 heavy (non-hydrogen) atoms. The van der Waals surface area contributed by atoms with E-state index in [4.69, 9.17) is 0 Å². The highest BCUT2D eigenvalue weighted by atomic mass is 16.5. The van der Waals surface area contributed by atoms with Gasteiger partial charge in [0.15, 0.2) is 0 Å². The van der Waals surface area contributed by atoms with Gasteiger partial charge in [-0.25, -0.2) is 0 Å². The SMILES string of the molecule is CC(=O)NC(CO)Cc1cn(O)c2ccccc12. The molecule has 1 heterocycles. The maximum Gasteiger partial charge on any atom is 0.217 e. The van der Waals surface area contributed by atoms with Crippen LogP contribution in [0.2, 0.25) is 0 Å². The molecular formula is C13H16N2O3. The third-order valence-electron chi connectivity index (χ3n) is 2.87. The zero-order chi connectivity index (χ0) is 13.1. The Morgan fingerprint density at radius 2 is 2.17 bits per heavy atom. The Hall–Kier alpha value is -2.01. The van der Waals surface area contributed by atoms with Crippen LogP contribution in [-0.2, 0) is 11.2 Å². The second-order valence-corrected chi connectivity index (χ2v) is 4.30. The van der Waals surface area contributed by atoms with Gasteiger partial charge in [0.25, 0.3) is 0 Å². The topological polar surface area (TPSA) is 74.5 Å². The summed E-state index contributed by atoms with van der Waals surface area (Å²) in [4.78, 5) is 11.0. The normalized spacial score (nSPS) is 12.6. The Kier molecular flexibility index (Phi) is 3.53. The summed E-state index contributed by atoms with van der Waals surface area (Å²) >= 11 is 0. The fourth-order valence-corrected chi connectivity index (χ4v) is 2.11. The van der Waals surface area contributed by atoms with E-state index in [9.17, 15) is 15.1 Å². The Labute approximate surface area is 105 Å². The van der Waals surface area contributed by atoms with Crippen LogP contribution in [0.5, 0.6) is 0 Å². The van der Waals surface area contributed by atoms with Crippen LogP contribution in [0.15, 0.2) is 30.5 Å². The number of carbonyl (C=O) groups excluding carboxylic acids is 1. The van der Waals surface area contributed by atoms with Crippen LogP contribution < -0.4 is 5.32 Å². The van der Waals surface area contributed by atoms with Crippen molar-refractivity contribution in [1.29, 1.82) is 0 Å². The highest BCUT2D eigenvalue weighted by molar-refractivity contribution is 5.83. The van der Waals surface area contributed by atoms with Crippen molar-refractivity contribution in [2.75, 3.05) is 6.61 Å². The smallest absolute Gasteiger partial charge is 0.217 e. The Bertz CT molecular complexity index is 562. The monoisotopic (exact) mass is 248 g/mol. The van der Waals surface area contributed by atoms with Crippen LogP contribution in [0.1, 0.15) is 12.5 Å². The van der Waals surface area contributed by atoms with Crippen molar-refractivity contribution in [2.24, 2.45) is 0 Å². The molecule has 0 radical (unpaired) electrons. The van der Waals surface area contributed by atoms with Gasteiger partial charge in [0.1, 0.15) is 0 Å². The van der Waals surface area contributed by atoms with Gasteiger partial charge in [-0.2, -0.15) is 4.73 Å². The summed E-state index contributed by atoms with van der Waals surface area (Å²) in [5.74, 6) is -0.179. The van der Waals surface area contributed by atoms with E-state index in [0.717, 1.165) is 15.7 Å². The highest BCUT2D eigenvalue weighted by Gasteiger charge is 2.14. The zero-order valence-corrected chi connectivity index (χ0v) is 10.1. The molecule has 1 atom stereocenters. The van der Waals surface area contributed by atoms with Gasteiger partial charge in [-0.3, -0.25) is 4.79 Å². The number of fused-ring (bicyclic) bond motifs is 1. The number of nitrogens with zero attached hydrogens (tertiary/aromatic N) is 1. The molecule has 0 bridgehead atoms. The number of hydrogen-bond acceptors (Lipinski definition) is 3. The molecule has 0 fully saturated rings. The number of rotatable bonds is 4. The lowest BCUT2D eigenvalue weighted by atomic mass is 10.1. The third-order valence-corrected chi connectivity index (χ3v) is 2.87. The number of para-hydroxylation sites is 1. The second kappa shape index (κ2) is 5.10. The van der Waals surface area contributed by atoms with E-state index >= 15 is 0 Å². The summed E-state index contributed by atoms with van der Waals surface area (Å²) in [7, 11) is 0. The van der Waals surface area contributed by atoms with Gasteiger partial charge in [-0.15, -0.1) is 0 Å². The number of aliphatic hydroxyl groups is 1. The van der Waals surface area contributed by atoms with E-state index in [0.29, 0.717) is 11.9 Å². The first-order valence-electron chi connectivity index (χ1n) is 5.78. The zero-order valence-electron chi connectivity index (χ0n) is 10.1. The number of carbonyl (C=O) groups is 1. The number of aromatic nitrogens is 1. The molecule has 1 unspecified atom stereocenters. The third kappa shape index (κ3) is 2.46. The number of aliphatic hydroxyl groups excluding tert-OH is 1. The Morgan fingerprint density at radius 3 is 2.83 bits per heavy atom. The molecule has 0 saturated carbocycles. The standard InChI is InChI=1S/C13H16N2O3/c1-9(17)14-11(8-16)6-10-7-15(18)13-5-3-2-4-12(10)13/h2-5,7,11,16,18H,6,8H2,1H3,(H,14,17). The van der Waals surface area contributed by atoms with Crippen LogP contribution in [0, 0.1) is 0 Å². The van der Waals surface area contributed by atoms with E-state index < -0.39 is 0 Å². The molecule has 5 nitrogen and oxygen atoms in total. The van der Waals surface area contributed by atoms with Crippen LogP contribution in [-0.4, -0.2) is 33.6 Å². The van der Waals surface area contributed by atoms with Gasteiger partial charge in [0.05, 0.1) is 18.2 Å². The fourth-order valence-electron chi connectivity index (χ4n) is 2.11. The van der Waals surface area contributed by atoms with Crippen molar-refractivity contribution < 1.29 is 15.1 Å². The van der Waals surface area contributed by atoms with Crippen molar-refractivity contribution in [3.63, 3.8) is 0 Å². The summed E-state index contributed by atoms with van der Waals surface area (Å²) in [6.07, 6.45) is 2.08. The lowest BCUT2D eigenvalue weighted by Crippen LogP contribution is -2.37. The van der Waals surface area contributed by atoms with Crippen molar-refractivity contribution in [3.8, 4) is 0 Å². The first-order valence-corrected chi connectivity index (χ1v) is 5.78. The van der Waals surface area contributed by atoms with E-state index in [1.54, 1.807) is 6.20 Å². The van der Waals surface area contributed by atoms with Gasteiger partial charge in [-0.05, 0) is 18.1 Å². The molecule has 2 rings (SSSR count). The summed E-state index contributed by atoms with van der Waals surface area (Å²) in [5.41, 5.74) is 1.60. The lowest BCUT2D eigenvalue weighted by molar-refractivity contribution is -0.119. The van der Waals surface area contributed by atoms with Crippen molar-refractivity contribution >= 4 is 16.8 Å². The maximum absolute atomic E-state index is 11.0. The van der Waals surface area contributed by atoms with Gasteiger partial charge in [-0.1, -0.05) is 18.2 Å². The van der Waals surface area contributed by atoms with Crippen molar-refractivity contribution in [1.82, 2.24) is 10.0 Å². The number of hydrogen-bond donors (Lipinski definition) is 3. The minimum absolute atomic E-state index is 0.134. The molecule has 2 aromatic rings. The number of nitrogens with one attached hydrogen (secondary N) is 1. The Morgan fingerprint density at radius 1 is 1.44 bits per heavy atom. The van der Waals surface area contributed by atoms with E-state index in [1.807, 2.05) is 24.3 Å². The molecule has 3 N–H and O–H groups in total. The Balaban J connectivity index is 2.28. The molecule has 0 aliphatic heterocycles. The van der Waals surface area contributed by atoms with Crippen molar-refractivity contribution in [3.05, 3.63) is 36.0 Å². The first-order chi connectivity index (χ1) is 8.61. The molecule has 0 aliphatic rings. The molecule has 1 aromatic heterocycles. The van der Waals surface area contributed by atoms with Crippen LogP contribution >= 0.6 is 0 Å². The molecule has 1 aromatic carbocycles. The molecule has 0 aliphatic carbocycles. The highest BCUT2D eigenvalue weighted by Crippen LogP contribution is 2.21. The largest absolute Gasteiger partial charge is 0.428 e. The van der Waals surface area contributed by atoms with Gasteiger partial charge in [0, 0.05) is 18.5 Å². The molecule has 0 saturated heterocycles. The quantitative estimate of drug-likeness (QED) is 0.704. The average molecular weight is 248 g/mol. The first kappa shape index (κ1) is 12.4. The van der Waals surface area contributed by atoms with E-state index in [2.05, 4.69) is 5.32 Å². The summed E-state index contributed by atoms with van der Waals surface area (Å²) in [5, 5.41) is 22.5. The number of amides is 1. The lowest BCUT2D eigenvalue weighted by Gasteiger charge is -2.14. The summed E-state index contributed by atoms with van der Waals surface area (Å²) in [6, 6.07) is 7.10. The van der Waals surface area contributed by atoms with E-state index in [1.165, 1.54) is 6.92 Å². The second-order valence-electron chi connectivity index (χ2n) is 4.30. The van der Waals surface area contributed by atoms with Gasteiger partial charge >= 0.3 is 0 Å². The van der Waals surface area contributed by atoms with Crippen LogP contribution in [0.4, 0.5) is 0 Å². The van der Waals surface area contributed by atoms with Crippen LogP contribution in [0.3, 0.4) is 0 Å². The van der Waals surface area contributed by atoms with E-state index in [-0.39, 0.29) is 18.6 Å². The predicted molar refractivity (Wildman–Crippen MR) is 67.5 cm³/mol. The maximum atomic E-state index is 11.0. The number of benzene rings is 1. The van der Waals surface area contributed by atoms with Gasteiger partial charge in [0.2, 0.25) is 5.91 Å². The van der Waals surface area contributed by atoms with Gasteiger partial charge < -0.3 is 15.6 Å². The summed E-state index contributed by atoms with van der Waals surface area (Å²) in [6.45, 7) is 1.28. The molecule has 5 heteroatoms. The fraction of sp³-hybridized carbons (Fsp3) is 0.308.